The first-order valence-electron chi connectivity index (χ1n) is 7.04. The molecule has 0 spiro atoms. The van der Waals surface area contributed by atoms with Gasteiger partial charge in [-0.05, 0) is 24.7 Å². The predicted octanol–water partition coefficient (Wildman–Crippen LogP) is 0.780. The molecule has 1 saturated heterocycles. The summed E-state index contributed by atoms with van der Waals surface area (Å²) in [5.74, 6) is 0.872. The maximum absolute atomic E-state index is 10.1. The minimum Gasteiger partial charge on any atom is -0.496 e. The zero-order chi connectivity index (χ0) is 14.4. The molecule has 2 N–H and O–H groups in total. The number of aliphatic hydroxyl groups excluding tert-OH is 1. The van der Waals surface area contributed by atoms with Crippen LogP contribution in [0, 0.1) is 0 Å². The van der Waals surface area contributed by atoms with Crippen molar-refractivity contribution in [1.82, 2.24) is 10.2 Å². The quantitative estimate of drug-likeness (QED) is 0.806. The van der Waals surface area contributed by atoms with Crippen molar-refractivity contribution in [1.29, 1.82) is 0 Å². The number of aliphatic hydroxyl groups is 1. The number of hydrogen-bond donors (Lipinski definition) is 2. The molecule has 1 aromatic carbocycles. The minimum absolute atomic E-state index is 0.491. The largest absolute Gasteiger partial charge is 0.496 e. The normalized spacial score (nSPS) is 17.9. The van der Waals surface area contributed by atoms with Crippen molar-refractivity contribution in [2.75, 3.05) is 47.0 Å². The van der Waals surface area contributed by atoms with Crippen molar-refractivity contribution in [2.24, 2.45) is 0 Å². The van der Waals surface area contributed by atoms with Crippen molar-refractivity contribution in [3.8, 4) is 5.75 Å². The Kier molecular flexibility index (Phi) is 5.79. The van der Waals surface area contributed by atoms with Gasteiger partial charge < -0.3 is 19.9 Å². The summed E-state index contributed by atoms with van der Waals surface area (Å²) < 4.78 is 10.8. The van der Waals surface area contributed by atoms with Gasteiger partial charge in [-0.3, -0.25) is 4.90 Å². The van der Waals surface area contributed by atoms with Gasteiger partial charge in [0.05, 0.1) is 26.4 Å². The molecule has 0 aliphatic carbocycles. The van der Waals surface area contributed by atoms with Crippen LogP contribution in [0.25, 0.3) is 0 Å². The van der Waals surface area contributed by atoms with Crippen molar-refractivity contribution in [3.63, 3.8) is 0 Å². The lowest BCUT2D eigenvalue weighted by molar-refractivity contribution is 0.0338. The molecule has 1 aliphatic rings. The average molecular weight is 280 g/mol. The summed E-state index contributed by atoms with van der Waals surface area (Å²) in [5, 5.41) is 13.1. The molecule has 112 valence electrons. The molecule has 1 atom stereocenters. The Bertz CT molecular complexity index is 420. The van der Waals surface area contributed by atoms with Crippen molar-refractivity contribution in [3.05, 3.63) is 29.3 Å². The van der Waals surface area contributed by atoms with Gasteiger partial charge in [-0.2, -0.15) is 0 Å². The highest BCUT2D eigenvalue weighted by molar-refractivity contribution is 5.38. The summed E-state index contributed by atoms with van der Waals surface area (Å²) in [5.41, 5.74) is 2.03. The van der Waals surface area contributed by atoms with Gasteiger partial charge in [-0.25, -0.2) is 0 Å². The van der Waals surface area contributed by atoms with Crippen LogP contribution >= 0.6 is 0 Å². The first-order chi connectivity index (χ1) is 9.74. The van der Waals surface area contributed by atoms with Crippen LogP contribution in [-0.4, -0.2) is 57.0 Å². The second kappa shape index (κ2) is 7.59. The summed E-state index contributed by atoms with van der Waals surface area (Å²) in [6, 6.07) is 5.89. The monoisotopic (exact) mass is 280 g/mol. The highest BCUT2D eigenvalue weighted by Crippen LogP contribution is 2.25. The third kappa shape index (κ3) is 3.93. The fourth-order valence-corrected chi connectivity index (χ4v) is 2.44. The van der Waals surface area contributed by atoms with E-state index in [1.807, 2.05) is 25.2 Å². The molecular weight excluding hydrogens is 256 g/mol. The fourth-order valence-electron chi connectivity index (χ4n) is 2.44. The first kappa shape index (κ1) is 15.3. The molecule has 5 heteroatoms. The second-order valence-corrected chi connectivity index (χ2v) is 5.03. The summed E-state index contributed by atoms with van der Waals surface area (Å²) in [7, 11) is 3.52. The van der Waals surface area contributed by atoms with E-state index in [9.17, 15) is 5.11 Å². The Balaban J connectivity index is 2.13. The van der Waals surface area contributed by atoms with Gasteiger partial charge in [0.2, 0.25) is 0 Å². The fraction of sp³-hybridized carbons (Fsp3) is 0.600. The third-order valence-corrected chi connectivity index (χ3v) is 3.58. The van der Waals surface area contributed by atoms with E-state index in [2.05, 4.69) is 10.2 Å². The SMILES string of the molecule is CNCC(O)c1ccc(OC)c(CN2CCOCC2)c1. The molecule has 0 aromatic heterocycles. The number of likely N-dealkylation sites (N-methyl/N-ethyl adjacent to an activating group) is 1. The van der Waals surface area contributed by atoms with E-state index in [4.69, 9.17) is 9.47 Å². The van der Waals surface area contributed by atoms with E-state index in [1.54, 1.807) is 7.11 Å². The zero-order valence-electron chi connectivity index (χ0n) is 12.3. The predicted molar refractivity (Wildman–Crippen MR) is 78.0 cm³/mol. The number of benzene rings is 1. The molecule has 0 amide bonds. The minimum atomic E-state index is -0.491. The van der Waals surface area contributed by atoms with Crippen molar-refractivity contribution < 1.29 is 14.6 Å². The molecule has 1 aliphatic heterocycles. The van der Waals surface area contributed by atoms with E-state index in [-0.39, 0.29) is 0 Å². The van der Waals surface area contributed by atoms with Crippen LogP contribution in [0.2, 0.25) is 0 Å². The highest BCUT2D eigenvalue weighted by Gasteiger charge is 2.15. The smallest absolute Gasteiger partial charge is 0.123 e. The Morgan fingerprint density at radius 1 is 1.40 bits per heavy atom. The summed E-state index contributed by atoms with van der Waals surface area (Å²) in [6.07, 6.45) is -0.491. The molecule has 0 radical (unpaired) electrons. The molecule has 1 heterocycles. The van der Waals surface area contributed by atoms with E-state index in [0.29, 0.717) is 6.54 Å². The number of ether oxygens (including phenoxy) is 2. The van der Waals surface area contributed by atoms with E-state index in [0.717, 1.165) is 49.7 Å². The number of morpholine rings is 1. The molecule has 0 bridgehead atoms. The topological polar surface area (TPSA) is 54.0 Å². The zero-order valence-corrected chi connectivity index (χ0v) is 12.3. The van der Waals surface area contributed by atoms with Crippen molar-refractivity contribution >= 4 is 0 Å². The van der Waals surface area contributed by atoms with Gasteiger partial charge in [0.1, 0.15) is 5.75 Å². The lowest BCUT2D eigenvalue weighted by Crippen LogP contribution is -2.35. The van der Waals surface area contributed by atoms with Gasteiger partial charge in [0.15, 0.2) is 0 Å². The van der Waals surface area contributed by atoms with Gasteiger partial charge in [-0.15, -0.1) is 0 Å². The van der Waals surface area contributed by atoms with Crippen LogP contribution in [0.3, 0.4) is 0 Å². The maximum atomic E-state index is 10.1. The lowest BCUT2D eigenvalue weighted by Gasteiger charge is -2.27. The summed E-state index contributed by atoms with van der Waals surface area (Å²) in [4.78, 5) is 2.34. The molecule has 1 unspecified atom stereocenters. The lowest BCUT2D eigenvalue weighted by atomic mass is 10.0. The average Bonchev–Trinajstić information content (AvgIpc) is 2.48. The molecule has 5 nitrogen and oxygen atoms in total. The van der Waals surface area contributed by atoms with E-state index >= 15 is 0 Å². The van der Waals surface area contributed by atoms with Gasteiger partial charge in [0.25, 0.3) is 0 Å². The van der Waals surface area contributed by atoms with E-state index in [1.165, 1.54) is 0 Å². The van der Waals surface area contributed by atoms with Crippen LogP contribution < -0.4 is 10.1 Å². The summed E-state index contributed by atoms with van der Waals surface area (Å²) >= 11 is 0. The number of nitrogens with zero attached hydrogens (tertiary/aromatic N) is 1. The molecule has 1 aromatic rings. The van der Waals surface area contributed by atoms with Crippen LogP contribution in [0.5, 0.6) is 5.75 Å². The molecule has 2 rings (SSSR count). The Morgan fingerprint density at radius 3 is 2.80 bits per heavy atom. The van der Waals surface area contributed by atoms with Crippen molar-refractivity contribution in [2.45, 2.75) is 12.6 Å². The van der Waals surface area contributed by atoms with Crippen LogP contribution in [0.15, 0.2) is 18.2 Å². The molecular formula is C15H24N2O3. The number of hydrogen-bond acceptors (Lipinski definition) is 5. The highest BCUT2D eigenvalue weighted by atomic mass is 16.5. The second-order valence-electron chi connectivity index (χ2n) is 5.03. The van der Waals surface area contributed by atoms with E-state index < -0.39 is 6.10 Å². The molecule has 20 heavy (non-hydrogen) atoms. The molecule has 1 fully saturated rings. The van der Waals surface area contributed by atoms with Crippen LogP contribution in [0.4, 0.5) is 0 Å². The number of nitrogens with one attached hydrogen (secondary N) is 1. The maximum Gasteiger partial charge on any atom is 0.123 e. The van der Waals surface area contributed by atoms with Gasteiger partial charge in [-0.1, -0.05) is 6.07 Å². The Hall–Kier alpha value is -1.14. The van der Waals surface area contributed by atoms with Gasteiger partial charge >= 0.3 is 0 Å². The Labute approximate surface area is 120 Å². The first-order valence-corrected chi connectivity index (χ1v) is 7.04. The van der Waals surface area contributed by atoms with Gasteiger partial charge in [0, 0.05) is 31.7 Å². The van der Waals surface area contributed by atoms with Crippen LogP contribution in [-0.2, 0) is 11.3 Å². The summed E-state index contributed by atoms with van der Waals surface area (Å²) in [6.45, 7) is 4.81. The number of rotatable bonds is 6. The third-order valence-electron chi connectivity index (χ3n) is 3.58. The molecule has 0 saturated carbocycles. The Morgan fingerprint density at radius 2 is 2.15 bits per heavy atom. The number of methoxy groups -OCH3 is 1. The van der Waals surface area contributed by atoms with Crippen LogP contribution in [0.1, 0.15) is 17.2 Å². The standard InChI is InChI=1S/C15H24N2O3/c1-16-10-14(18)12-3-4-15(19-2)13(9-12)11-17-5-7-20-8-6-17/h3-4,9,14,16,18H,5-8,10-11H2,1-2H3.